The smallest absolute Gasteiger partial charge is 0.108 e. The lowest BCUT2D eigenvalue weighted by atomic mass is 9.70. The molecule has 0 amide bonds. The molecular weight excluding hydrogens is 224 g/mol. The number of aromatic nitrogens is 2. The van der Waals surface area contributed by atoms with Gasteiger partial charge in [-0.2, -0.15) is 0 Å². The Hall–Kier alpha value is -0.830. The summed E-state index contributed by atoms with van der Waals surface area (Å²) in [5, 5.41) is 10.3. The number of aliphatic hydroxyl groups excluding tert-OH is 1. The number of aryl methyl sites for hydroxylation is 1. The molecule has 1 aliphatic carbocycles. The Bertz CT molecular complexity index is 391. The molecule has 3 heteroatoms. The van der Waals surface area contributed by atoms with Crippen molar-refractivity contribution < 1.29 is 5.11 Å². The van der Waals surface area contributed by atoms with Crippen molar-refractivity contribution >= 4 is 0 Å². The average molecular weight is 250 g/mol. The van der Waals surface area contributed by atoms with Gasteiger partial charge in [0.15, 0.2) is 0 Å². The van der Waals surface area contributed by atoms with Gasteiger partial charge in [0, 0.05) is 18.8 Å². The highest BCUT2D eigenvalue weighted by Crippen LogP contribution is 2.42. The number of aliphatic hydroxyl groups is 1. The lowest BCUT2D eigenvalue weighted by molar-refractivity contribution is 0.0243. The SMILES string of the molecule is CCc1nccn1C1CC(C(C)(C)C)CCC1O. The van der Waals surface area contributed by atoms with Crippen LogP contribution in [0.5, 0.6) is 0 Å². The molecule has 1 aromatic heterocycles. The molecule has 0 aromatic carbocycles. The van der Waals surface area contributed by atoms with Crippen molar-refractivity contribution in [3.05, 3.63) is 18.2 Å². The van der Waals surface area contributed by atoms with Gasteiger partial charge < -0.3 is 9.67 Å². The highest BCUT2D eigenvalue weighted by atomic mass is 16.3. The lowest BCUT2D eigenvalue weighted by Crippen LogP contribution is -2.36. The molecule has 1 heterocycles. The summed E-state index contributed by atoms with van der Waals surface area (Å²) in [5.74, 6) is 1.77. The summed E-state index contributed by atoms with van der Waals surface area (Å²) < 4.78 is 2.20. The average Bonchev–Trinajstić information content (AvgIpc) is 2.76. The van der Waals surface area contributed by atoms with Crippen LogP contribution in [0.2, 0.25) is 0 Å². The van der Waals surface area contributed by atoms with Gasteiger partial charge >= 0.3 is 0 Å². The molecule has 2 rings (SSSR count). The molecule has 0 saturated heterocycles. The van der Waals surface area contributed by atoms with E-state index in [4.69, 9.17) is 0 Å². The van der Waals surface area contributed by atoms with E-state index in [9.17, 15) is 5.11 Å². The maximum atomic E-state index is 10.3. The van der Waals surface area contributed by atoms with Crippen molar-refractivity contribution in [3.8, 4) is 0 Å². The first-order valence-electron chi connectivity index (χ1n) is 7.13. The first-order valence-corrected chi connectivity index (χ1v) is 7.13. The van der Waals surface area contributed by atoms with E-state index >= 15 is 0 Å². The molecular formula is C15H26N2O. The molecule has 102 valence electrons. The van der Waals surface area contributed by atoms with Gasteiger partial charge in [0.05, 0.1) is 12.1 Å². The molecule has 3 atom stereocenters. The first-order chi connectivity index (χ1) is 8.43. The minimum Gasteiger partial charge on any atom is -0.391 e. The largest absolute Gasteiger partial charge is 0.391 e. The molecule has 0 aliphatic heterocycles. The zero-order valence-corrected chi connectivity index (χ0v) is 12.1. The molecule has 0 bridgehead atoms. The van der Waals surface area contributed by atoms with Gasteiger partial charge in [0.25, 0.3) is 0 Å². The predicted molar refractivity (Wildman–Crippen MR) is 73.4 cm³/mol. The van der Waals surface area contributed by atoms with Crippen LogP contribution in [0.1, 0.15) is 58.8 Å². The minimum atomic E-state index is -0.219. The Kier molecular flexibility index (Phi) is 3.81. The van der Waals surface area contributed by atoms with E-state index < -0.39 is 0 Å². The first kappa shape index (κ1) is 13.6. The number of hydrogen-bond acceptors (Lipinski definition) is 2. The van der Waals surface area contributed by atoms with Gasteiger partial charge in [-0.15, -0.1) is 0 Å². The number of rotatable bonds is 2. The maximum Gasteiger partial charge on any atom is 0.108 e. The third-order valence-corrected chi connectivity index (χ3v) is 4.43. The summed E-state index contributed by atoms with van der Waals surface area (Å²) in [7, 11) is 0. The summed E-state index contributed by atoms with van der Waals surface area (Å²) in [5.41, 5.74) is 0.325. The Morgan fingerprint density at radius 2 is 2.11 bits per heavy atom. The summed E-state index contributed by atoms with van der Waals surface area (Å²) >= 11 is 0. The van der Waals surface area contributed by atoms with Crippen molar-refractivity contribution in [1.29, 1.82) is 0 Å². The van der Waals surface area contributed by atoms with E-state index in [2.05, 4.69) is 37.2 Å². The van der Waals surface area contributed by atoms with Crippen LogP contribution in [0.4, 0.5) is 0 Å². The van der Waals surface area contributed by atoms with E-state index in [0.717, 1.165) is 31.5 Å². The molecule has 1 fully saturated rings. The molecule has 0 spiro atoms. The zero-order chi connectivity index (χ0) is 13.3. The molecule has 3 nitrogen and oxygen atoms in total. The molecule has 18 heavy (non-hydrogen) atoms. The van der Waals surface area contributed by atoms with Gasteiger partial charge in [-0.05, 0) is 30.6 Å². The molecule has 1 aliphatic rings. The van der Waals surface area contributed by atoms with Crippen molar-refractivity contribution in [3.63, 3.8) is 0 Å². The van der Waals surface area contributed by atoms with E-state index in [-0.39, 0.29) is 12.1 Å². The standard InChI is InChI=1S/C15H26N2O/c1-5-14-16-8-9-17(14)12-10-11(15(2,3)4)6-7-13(12)18/h8-9,11-13,18H,5-7,10H2,1-4H3. The predicted octanol–water partition coefficient (Wildman–Crippen LogP) is 3.19. The third-order valence-electron chi connectivity index (χ3n) is 4.43. The van der Waals surface area contributed by atoms with E-state index in [1.165, 1.54) is 0 Å². The molecule has 1 aromatic rings. The number of hydrogen-bond donors (Lipinski definition) is 1. The van der Waals surface area contributed by atoms with Gasteiger partial charge in [0.2, 0.25) is 0 Å². The quantitative estimate of drug-likeness (QED) is 0.875. The highest BCUT2D eigenvalue weighted by Gasteiger charge is 2.36. The fourth-order valence-corrected chi connectivity index (χ4v) is 3.14. The monoisotopic (exact) mass is 250 g/mol. The van der Waals surface area contributed by atoms with Crippen LogP contribution in [0.3, 0.4) is 0 Å². The number of nitrogens with zero attached hydrogens (tertiary/aromatic N) is 2. The Balaban J connectivity index is 2.20. The van der Waals surface area contributed by atoms with E-state index in [1.54, 1.807) is 0 Å². The molecule has 0 radical (unpaired) electrons. The van der Waals surface area contributed by atoms with Crippen molar-refractivity contribution in [2.24, 2.45) is 11.3 Å². The van der Waals surface area contributed by atoms with Crippen LogP contribution in [-0.4, -0.2) is 20.8 Å². The third kappa shape index (κ3) is 2.61. The molecule has 1 saturated carbocycles. The summed E-state index contributed by atoms with van der Waals surface area (Å²) in [6.07, 6.45) is 7.70. The lowest BCUT2D eigenvalue weighted by Gasteiger charge is -2.41. The zero-order valence-electron chi connectivity index (χ0n) is 12.1. The van der Waals surface area contributed by atoms with Crippen molar-refractivity contribution in [1.82, 2.24) is 9.55 Å². The van der Waals surface area contributed by atoms with Crippen molar-refractivity contribution in [2.75, 3.05) is 0 Å². The second kappa shape index (κ2) is 5.04. The topological polar surface area (TPSA) is 38.0 Å². The van der Waals surface area contributed by atoms with E-state index in [0.29, 0.717) is 11.3 Å². The fraction of sp³-hybridized carbons (Fsp3) is 0.800. The summed E-state index contributed by atoms with van der Waals surface area (Å²) in [6, 6.07) is 0.209. The highest BCUT2D eigenvalue weighted by molar-refractivity contribution is 4.99. The minimum absolute atomic E-state index is 0.209. The summed E-state index contributed by atoms with van der Waals surface area (Å²) in [6.45, 7) is 9.04. The number of imidazole rings is 1. The Morgan fingerprint density at radius 3 is 2.72 bits per heavy atom. The van der Waals surface area contributed by atoms with Gasteiger partial charge in [-0.3, -0.25) is 0 Å². The Morgan fingerprint density at radius 1 is 1.39 bits per heavy atom. The van der Waals surface area contributed by atoms with Gasteiger partial charge in [0.1, 0.15) is 5.82 Å². The van der Waals surface area contributed by atoms with Gasteiger partial charge in [-0.1, -0.05) is 27.7 Å². The van der Waals surface area contributed by atoms with Crippen LogP contribution in [0.15, 0.2) is 12.4 Å². The van der Waals surface area contributed by atoms with Crippen LogP contribution in [0.25, 0.3) is 0 Å². The van der Waals surface area contributed by atoms with Crippen molar-refractivity contribution in [2.45, 2.75) is 65.5 Å². The van der Waals surface area contributed by atoms with Gasteiger partial charge in [-0.25, -0.2) is 4.98 Å². The summed E-state index contributed by atoms with van der Waals surface area (Å²) in [4.78, 5) is 4.38. The van der Waals surface area contributed by atoms with Crippen LogP contribution >= 0.6 is 0 Å². The maximum absolute atomic E-state index is 10.3. The van der Waals surface area contributed by atoms with E-state index in [1.807, 2.05) is 12.4 Å². The normalized spacial score (nSPS) is 29.5. The Labute approximate surface area is 110 Å². The van der Waals surface area contributed by atoms with Crippen LogP contribution in [-0.2, 0) is 6.42 Å². The second-order valence-electron chi connectivity index (χ2n) is 6.61. The molecule has 1 N–H and O–H groups in total. The fourth-order valence-electron chi connectivity index (χ4n) is 3.14. The van der Waals surface area contributed by atoms with Crippen LogP contribution in [0, 0.1) is 11.3 Å². The van der Waals surface area contributed by atoms with Crippen LogP contribution < -0.4 is 0 Å². The second-order valence-corrected chi connectivity index (χ2v) is 6.61. The molecule has 3 unspecified atom stereocenters.